The van der Waals surface area contributed by atoms with E-state index in [0.29, 0.717) is 5.76 Å². The number of nitrogens with one attached hydrogen (secondary N) is 2. The Balaban J connectivity index is 1.74. The lowest BCUT2D eigenvalue weighted by Gasteiger charge is -2.17. The summed E-state index contributed by atoms with van der Waals surface area (Å²) in [5, 5.41) is 14.0. The molecule has 1 aromatic heterocycles. The van der Waals surface area contributed by atoms with Crippen LogP contribution in [-0.2, 0) is 11.3 Å². The van der Waals surface area contributed by atoms with Gasteiger partial charge in [-0.1, -0.05) is 0 Å². The fourth-order valence-electron chi connectivity index (χ4n) is 1.67. The van der Waals surface area contributed by atoms with Crippen molar-refractivity contribution in [1.29, 1.82) is 0 Å². The molecule has 0 aromatic carbocycles. The number of carboxylic acid groups (broad SMARTS) is 1. The van der Waals surface area contributed by atoms with Gasteiger partial charge in [-0.05, 0) is 25.0 Å². The maximum atomic E-state index is 11.8. The van der Waals surface area contributed by atoms with E-state index in [4.69, 9.17) is 9.52 Å². The van der Waals surface area contributed by atoms with Crippen molar-refractivity contribution in [2.24, 2.45) is 0 Å². The Morgan fingerprint density at radius 3 is 2.67 bits per heavy atom. The van der Waals surface area contributed by atoms with Crippen molar-refractivity contribution in [3.05, 3.63) is 23.7 Å². The molecule has 1 saturated carbocycles. The Bertz CT molecular complexity index is 550. The smallest absolute Gasteiger partial charge is 0.371 e. The van der Waals surface area contributed by atoms with E-state index in [1.54, 1.807) is 0 Å². The van der Waals surface area contributed by atoms with Crippen molar-refractivity contribution < 1.29 is 23.9 Å². The van der Waals surface area contributed by atoms with E-state index in [1.165, 1.54) is 24.1 Å². The summed E-state index contributed by atoms with van der Waals surface area (Å²) in [6.07, 6.45) is 1.98. The predicted molar refractivity (Wildman–Crippen MR) is 71.7 cm³/mol. The van der Waals surface area contributed by atoms with E-state index in [0.717, 1.165) is 12.8 Å². The van der Waals surface area contributed by atoms with E-state index in [-0.39, 0.29) is 30.8 Å². The van der Waals surface area contributed by atoms with Crippen molar-refractivity contribution in [1.82, 2.24) is 15.5 Å². The minimum atomic E-state index is -1.17. The predicted octanol–water partition coefficient (Wildman–Crippen LogP) is 0.398. The van der Waals surface area contributed by atoms with Gasteiger partial charge in [0.05, 0.1) is 6.54 Å². The van der Waals surface area contributed by atoms with Crippen molar-refractivity contribution in [3.63, 3.8) is 0 Å². The Morgan fingerprint density at radius 2 is 2.10 bits per heavy atom. The molecule has 0 bridgehead atoms. The molecule has 8 heteroatoms. The molecule has 1 aliphatic rings. The second kappa shape index (κ2) is 6.29. The van der Waals surface area contributed by atoms with Gasteiger partial charge in [0.15, 0.2) is 0 Å². The fourth-order valence-corrected chi connectivity index (χ4v) is 1.67. The van der Waals surface area contributed by atoms with Crippen LogP contribution in [0.4, 0.5) is 4.79 Å². The van der Waals surface area contributed by atoms with Gasteiger partial charge >= 0.3 is 12.0 Å². The Labute approximate surface area is 121 Å². The van der Waals surface area contributed by atoms with Crippen LogP contribution in [0.2, 0.25) is 0 Å². The molecule has 3 N–H and O–H groups in total. The minimum absolute atomic E-state index is 0.0269. The number of nitrogens with zero attached hydrogens (tertiary/aromatic N) is 1. The van der Waals surface area contributed by atoms with E-state index in [9.17, 15) is 14.4 Å². The summed E-state index contributed by atoms with van der Waals surface area (Å²) >= 11 is 0. The van der Waals surface area contributed by atoms with E-state index < -0.39 is 12.0 Å². The highest BCUT2D eigenvalue weighted by atomic mass is 16.4. The van der Waals surface area contributed by atoms with Crippen LogP contribution in [0.5, 0.6) is 0 Å². The van der Waals surface area contributed by atoms with Gasteiger partial charge in [0.25, 0.3) is 0 Å². The monoisotopic (exact) mass is 295 g/mol. The Kier molecular flexibility index (Phi) is 4.46. The molecular weight excluding hydrogens is 278 g/mol. The molecular formula is C13H17N3O5. The average Bonchev–Trinajstić information content (AvgIpc) is 3.09. The van der Waals surface area contributed by atoms with E-state index in [1.807, 2.05) is 0 Å². The van der Waals surface area contributed by atoms with Crippen molar-refractivity contribution >= 4 is 17.9 Å². The number of carbonyl (C=O) groups is 3. The number of carboxylic acids is 1. The van der Waals surface area contributed by atoms with Gasteiger partial charge < -0.3 is 25.1 Å². The zero-order chi connectivity index (χ0) is 15.4. The van der Waals surface area contributed by atoms with Gasteiger partial charge in [-0.3, -0.25) is 4.79 Å². The first-order chi connectivity index (χ1) is 9.95. The van der Waals surface area contributed by atoms with Crippen LogP contribution in [0, 0.1) is 0 Å². The lowest BCUT2D eigenvalue weighted by molar-refractivity contribution is -0.121. The number of hydrogen-bond donors (Lipinski definition) is 3. The number of rotatable bonds is 6. The first-order valence-electron chi connectivity index (χ1n) is 6.56. The van der Waals surface area contributed by atoms with Crippen LogP contribution in [0.15, 0.2) is 16.5 Å². The highest BCUT2D eigenvalue weighted by Gasteiger charge is 2.24. The highest BCUT2D eigenvalue weighted by Crippen LogP contribution is 2.18. The summed E-state index contributed by atoms with van der Waals surface area (Å²) in [5.41, 5.74) is 0. The SMILES string of the molecule is CN(CC(=O)NC1CC1)C(=O)NCc1ccc(C(=O)O)o1. The zero-order valence-electron chi connectivity index (χ0n) is 11.6. The van der Waals surface area contributed by atoms with Crippen LogP contribution in [0.25, 0.3) is 0 Å². The van der Waals surface area contributed by atoms with E-state index >= 15 is 0 Å². The lowest BCUT2D eigenvalue weighted by Crippen LogP contribution is -2.43. The molecule has 3 amide bonds. The summed E-state index contributed by atoms with van der Waals surface area (Å²) in [6.45, 7) is 0.0293. The highest BCUT2D eigenvalue weighted by molar-refractivity contribution is 5.85. The zero-order valence-corrected chi connectivity index (χ0v) is 11.6. The van der Waals surface area contributed by atoms with Crippen molar-refractivity contribution in [2.75, 3.05) is 13.6 Å². The molecule has 1 aliphatic carbocycles. The molecule has 0 spiro atoms. The Morgan fingerprint density at radius 1 is 1.38 bits per heavy atom. The molecule has 0 aliphatic heterocycles. The number of furan rings is 1. The van der Waals surface area contributed by atoms with Gasteiger partial charge in [0.2, 0.25) is 11.7 Å². The molecule has 1 aromatic rings. The third-order valence-electron chi connectivity index (χ3n) is 2.96. The maximum absolute atomic E-state index is 11.8. The third-order valence-corrected chi connectivity index (χ3v) is 2.96. The van der Waals surface area contributed by atoms with Crippen molar-refractivity contribution in [2.45, 2.75) is 25.4 Å². The van der Waals surface area contributed by atoms with E-state index in [2.05, 4.69) is 10.6 Å². The summed E-state index contributed by atoms with van der Waals surface area (Å²) in [6, 6.07) is 2.61. The standard InChI is InChI=1S/C13H17N3O5/c1-16(7-11(17)15-8-2-3-8)13(20)14-6-9-4-5-10(21-9)12(18)19/h4-5,8H,2-3,6-7H2,1H3,(H,14,20)(H,15,17)(H,18,19). The van der Waals surface area contributed by atoms with Crippen LogP contribution in [0.3, 0.4) is 0 Å². The molecule has 0 saturated heterocycles. The second-order valence-electron chi connectivity index (χ2n) is 4.93. The van der Waals surface area contributed by atoms with Crippen LogP contribution in [0.1, 0.15) is 29.2 Å². The number of urea groups is 1. The van der Waals surface area contributed by atoms with Gasteiger partial charge in [0, 0.05) is 13.1 Å². The maximum Gasteiger partial charge on any atom is 0.371 e. The second-order valence-corrected chi connectivity index (χ2v) is 4.93. The topological polar surface area (TPSA) is 112 Å². The lowest BCUT2D eigenvalue weighted by atomic mass is 10.4. The van der Waals surface area contributed by atoms with Crippen LogP contribution < -0.4 is 10.6 Å². The van der Waals surface area contributed by atoms with Gasteiger partial charge in [-0.2, -0.15) is 0 Å². The number of amides is 3. The molecule has 0 radical (unpaired) electrons. The molecule has 0 unspecified atom stereocenters. The third kappa shape index (κ3) is 4.51. The van der Waals surface area contributed by atoms with Gasteiger partial charge in [-0.25, -0.2) is 9.59 Å². The molecule has 8 nitrogen and oxygen atoms in total. The number of likely N-dealkylation sites (N-methyl/N-ethyl adjacent to an activating group) is 1. The number of aromatic carboxylic acids is 1. The molecule has 114 valence electrons. The number of carbonyl (C=O) groups excluding carboxylic acids is 2. The molecule has 2 rings (SSSR count). The summed E-state index contributed by atoms with van der Waals surface area (Å²) in [7, 11) is 1.51. The normalized spacial score (nSPS) is 13.6. The summed E-state index contributed by atoms with van der Waals surface area (Å²) in [5.74, 6) is -1.21. The van der Waals surface area contributed by atoms with Crippen LogP contribution >= 0.6 is 0 Å². The largest absolute Gasteiger partial charge is 0.475 e. The molecule has 0 atom stereocenters. The van der Waals surface area contributed by atoms with Gasteiger partial charge in [-0.15, -0.1) is 0 Å². The first-order valence-corrected chi connectivity index (χ1v) is 6.56. The molecule has 21 heavy (non-hydrogen) atoms. The fraction of sp³-hybridized carbons (Fsp3) is 0.462. The summed E-state index contributed by atoms with van der Waals surface area (Å²) in [4.78, 5) is 35.2. The van der Waals surface area contributed by atoms with Gasteiger partial charge in [0.1, 0.15) is 12.3 Å². The average molecular weight is 295 g/mol. The molecule has 1 fully saturated rings. The molecule has 1 heterocycles. The summed E-state index contributed by atoms with van der Waals surface area (Å²) < 4.78 is 5.01. The quantitative estimate of drug-likeness (QED) is 0.703. The van der Waals surface area contributed by atoms with Crippen molar-refractivity contribution in [3.8, 4) is 0 Å². The minimum Gasteiger partial charge on any atom is -0.475 e. The number of hydrogen-bond acceptors (Lipinski definition) is 4. The Hall–Kier alpha value is -2.51. The first kappa shape index (κ1) is 14.9. The van der Waals surface area contributed by atoms with Crippen LogP contribution in [-0.4, -0.2) is 47.5 Å².